The van der Waals surface area contributed by atoms with Crippen LogP contribution in [0.15, 0.2) is 6.20 Å². The number of aromatic nitrogens is 2. The molecule has 2 nitrogen and oxygen atoms in total. The van der Waals surface area contributed by atoms with Crippen molar-refractivity contribution in [3.63, 3.8) is 0 Å². The first kappa shape index (κ1) is 7.66. The van der Waals surface area contributed by atoms with Crippen molar-refractivity contribution in [2.75, 3.05) is 0 Å². The summed E-state index contributed by atoms with van der Waals surface area (Å²) in [5.74, 6) is 1.44. The molecule has 1 aromatic heterocycles. The third-order valence-electron chi connectivity index (χ3n) is 1.47. The highest BCUT2D eigenvalue weighted by Gasteiger charge is 2.04. The monoisotopic (exact) mass is 156 g/mol. The van der Waals surface area contributed by atoms with Crippen LogP contribution in [0, 0.1) is 6.92 Å². The van der Waals surface area contributed by atoms with Crippen LogP contribution in [0.5, 0.6) is 0 Å². The summed E-state index contributed by atoms with van der Waals surface area (Å²) in [7, 11) is 0. The fourth-order valence-electron chi connectivity index (χ4n) is 0.764. The molecule has 0 aliphatic heterocycles. The first-order valence-corrected chi connectivity index (χ1v) is 3.76. The van der Waals surface area contributed by atoms with Gasteiger partial charge in [-0.3, -0.25) is 3.97 Å². The van der Waals surface area contributed by atoms with Crippen LogP contribution in [0.1, 0.15) is 31.3 Å². The van der Waals surface area contributed by atoms with Crippen molar-refractivity contribution in [3.05, 3.63) is 17.7 Å². The van der Waals surface area contributed by atoms with Crippen LogP contribution >= 0.6 is 12.8 Å². The van der Waals surface area contributed by atoms with Gasteiger partial charge in [-0.25, -0.2) is 4.98 Å². The van der Waals surface area contributed by atoms with Crippen LogP contribution in [0.2, 0.25) is 0 Å². The molecule has 0 N–H and O–H groups in total. The highest BCUT2D eigenvalue weighted by Crippen LogP contribution is 2.13. The van der Waals surface area contributed by atoms with Gasteiger partial charge in [-0.2, -0.15) is 0 Å². The zero-order chi connectivity index (χ0) is 7.72. The maximum atomic E-state index is 4.30. The van der Waals surface area contributed by atoms with Crippen molar-refractivity contribution < 1.29 is 0 Å². The van der Waals surface area contributed by atoms with Gasteiger partial charge < -0.3 is 0 Å². The molecule has 0 aromatic carbocycles. The molecule has 56 valence electrons. The van der Waals surface area contributed by atoms with E-state index >= 15 is 0 Å². The average molecular weight is 156 g/mol. The van der Waals surface area contributed by atoms with Crippen LogP contribution in [0.3, 0.4) is 0 Å². The van der Waals surface area contributed by atoms with Crippen molar-refractivity contribution in [3.8, 4) is 0 Å². The van der Waals surface area contributed by atoms with Gasteiger partial charge in [-0.05, 0) is 12.8 Å². The lowest BCUT2D eigenvalue weighted by molar-refractivity contribution is 0.828. The van der Waals surface area contributed by atoms with Crippen molar-refractivity contribution in [2.24, 2.45) is 0 Å². The molecule has 0 atom stereocenters. The summed E-state index contributed by atoms with van der Waals surface area (Å²) in [6.45, 7) is 6.18. The maximum Gasteiger partial charge on any atom is 0.115 e. The molecule has 0 aliphatic carbocycles. The van der Waals surface area contributed by atoms with Gasteiger partial charge in [0.05, 0.1) is 5.69 Å². The molecular weight excluding hydrogens is 144 g/mol. The molecule has 0 fully saturated rings. The van der Waals surface area contributed by atoms with Gasteiger partial charge in [0.2, 0.25) is 0 Å². The van der Waals surface area contributed by atoms with Crippen molar-refractivity contribution in [1.29, 1.82) is 0 Å². The standard InChI is InChI=1S/C7H12N2S/c1-5(2)7-4-9(10)6(3)8-7/h4-5,10H,1-3H3. The van der Waals surface area contributed by atoms with E-state index < -0.39 is 0 Å². The number of imidazole rings is 1. The Morgan fingerprint density at radius 2 is 2.20 bits per heavy atom. The second-order valence-corrected chi connectivity index (χ2v) is 3.14. The van der Waals surface area contributed by atoms with Crippen LogP contribution in [0.4, 0.5) is 0 Å². The average Bonchev–Trinajstić information content (AvgIpc) is 2.13. The second kappa shape index (κ2) is 2.66. The first-order chi connectivity index (χ1) is 4.61. The molecule has 0 saturated carbocycles. The third-order valence-corrected chi connectivity index (χ3v) is 1.87. The minimum Gasteiger partial charge on any atom is -0.280 e. The van der Waals surface area contributed by atoms with Crippen LogP contribution in [-0.2, 0) is 0 Å². The topological polar surface area (TPSA) is 17.8 Å². The predicted octanol–water partition coefficient (Wildman–Crippen LogP) is 2.01. The van der Waals surface area contributed by atoms with E-state index in [1.165, 1.54) is 0 Å². The highest BCUT2D eigenvalue weighted by atomic mass is 32.1. The van der Waals surface area contributed by atoms with E-state index in [1.54, 1.807) is 3.97 Å². The zero-order valence-corrected chi connectivity index (χ0v) is 7.39. The molecule has 10 heavy (non-hydrogen) atoms. The molecule has 1 heterocycles. The summed E-state index contributed by atoms with van der Waals surface area (Å²) >= 11 is 4.17. The lowest BCUT2D eigenvalue weighted by Gasteiger charge is -1.94. The van der Waals surface area contributed by atoms with Gasteiger partial charge in [-0.1, -0.05) is 26.7 Å². The van der Waals surface area contributed by atoms with Crippen molar-refractivity contribution >= 4 is 12.8 Å². The lowest BCUT2D eigenvalue weighted by Crippen LogP contribution is -1.85. The summed E-state index contributed by atoms with van der Waals surface area (Å²) in [6, 6.07) is 0. The molecule has 0 spiro atoms. The van der Waals surface area contributed by atoms with Crippen molar-refractivity contribution in [1.82, 2.24) is 8.96 Å². The van der Waals surface area contributed by atoms with E-state index in [-0.39, 0.29) is 0 Å². The molecule has 0 radical (unpaired) electrons. The summed E-state index contributed by atoms with van der Waals surface area (Å²) in [6.07, 6.45) is 1.95. The number of thiol groups is 1. The van der Waals surface area contributed by atoms with Crippen LogP contribution in [-0.4, -0.2) is 8.96 Å². The summed E-state index contributed by atoms with van der Waals surface area (Å²) in [4.78, 5) is 4.30. The Labute approximate surface area is 66.8 Å². The molecular formula is C7H12N2S. The largest absolute Gasteiger partial charge is 0.280 e. The summed E-state index contributed by atoms with van der Waals surface area (Å²) in [5.41, 5.74) is 1.10. The quantitative estimate of drug-likeness (QED) is 0.616. The molecule has 0 aliphatic rings. The first-order valence-electron chi connectivity index (χ1n) is 3.36. The molecule has 3 heteroatoms. The molecule has 0 unspecified atom stereocenters. The Balaban J connectivity index is 2.98. The van der Waals surface area contributed by atoms with E-state index in [0.717, 1.165) is 11.5 Å². The Bertz CT molecular complexity index is 208. The minimum atomic E-state index is 0.493. The van der Waals surface area contributed by atoms with E-state index in [9.17, 15) is 0 Å². The number of hydrogen-bond acceptors (Lipinski definition) is 2. The van der Waals surface area contributed by atoms with Gasteiger partial charge in [0.1, 0.15) is 5.82 Å². The number of hydrogen-bond donors (Lipinski definition) is 1. The van der Waals surface area contributed by atoms with Crippen molar-refractivity contribution in [2.45, 2.75) is 26.7 Å². The maximum absolute atomic E-state index is 4.30. The van der Waals surface area contributed by atoms with Gasteiger partial charge in [0.15, 0.2) is 0 Å². The zero-order valence-electron chi connectivity index (χ0n) is 6.50. The Morgan fingerprint density at radius 3 is 2.40 bits per heavy atom. The minimum absolute atomic E-state index is 0.493. The summed E-state index contributed by atoms with van der Waals surface area (Å²) in [5, 5.41) is 0. The molecule has 1 rings (SSSR count). The van der Waals surface area contributed by atoms with Crippen LogP contribution in [0.25, 0.3) is 0 Å². The highest BCUT2D eigenvalue weighted by molar-refractivity contribution is 7.78. The van der Waals surface area contributed by atoms with Gasteiger partial charge in [0, 0.05) is 6.20 Å². The lowest BCUT2D eigenvalue weighted by atomic mass is 10.2. The normalized spacial score (nSPS) is 10.9. The third kappa shape index (κ3) is 1.34. The fourth-order valence-corrected chi connectivity index (χ4v) is 0.927. The Kier molecular flexibility index (Phi) is 2.04. The van der Waals surface area contributed by atoms with Crippen LogP contribution < -0.4 is 0 Å². The molecule has 0 saturated heterocycles. The van der Waals surface area contributed by atoms with Gasteiger partial charge in [0.25, 0.3) is 0 Å². The number of nitrogens with zero attached hydrogens (tertiary/aromatic N) is 2. The molecule has 1 aromatic rings. The Hall–Kier alpha value is -0.440. The van der Waals surface area contributed by atoms with Gasteiger partial charge >= 0.3 is 0 Å². The smallest absolute Gasteiger partial charge is 0.115 e. The summed E-state index contributed by atoms with van der Waals surface area (Å²) < 4.78 is 1.75. The van der Waals surface area contributed by atoms with E-state index in [4.69, 9.17) is 0 Å². The Morgan fingerprint density at radius 1 is 1.60 bits per heavy atom. The van der Waals surface area contributed by atoms with E-state index in [1.807, 2.05) is 13.1 Å². The fraction of sp³-hybridized carbons (Fsp3) is 0.571. The van der Waals surface area contributed by atoms with E-state index in [0.29, 0.717) is 5.92 Å². The molecule has 0 amide bonds. The SMILES string of the molecule is Cc1nc(C(C)C)cn1S. The molecule has 0 bridgehead atoms. The number of rotatable bonds is 1. The number of aryl methyl sites for hydroxylation is 1. The predicted molar refractivity (Wildman–Crippen MR) is 45.4 cm³/mol. The second-order valence-electron chi connectivity index (χ2n) is 2.71. The van der Waals surface area contributed by atoms with Gasteiger partial charge in [-0.15, -0.1) is 0 Å². The van der Waals surface area contributed by atoms with E-state index in [2.05, 4.69) is 31.6 Å².